The van der Waals surface area contributed by atoms with Crippen LogP contribution in [0.4, 0.5) is 5.69 Å². The van der Waals surface area contributed by atoms with Crippen LogP contribution in [0.3, 0.4) is 0 Å². The number of carbonyl (C=O) groups excluding carboxylic acids is 2. The first kappa shape index (κ1) is 31.8. The Kier molecular flexibility index (Phi) is 9.48. The predicted molar refractivity (Wildman–Crippen MR) is 172 cm³/mol. The van der Waals surface area contributed by atoms with Crippen LogP contribution in [-0.2, 0) is 31.6 Å². The van der Waals surface area contributed by atoms with Gasteiger partial charge in [0.25, 0.3) is 0 Å². The molecular formula is C34H46ClN3O4S. The molecule has 43 heavy (non-hydrogen) atoms. The molecule has 4 fully saturated rings. The molecule has 4 saturated carbocycles. The Hall–Kier alpha value is -2.58. The molecule has 1 unspecified atom stereocenters. The molecule has 2 amide bonds. The zero-order valence-electron chi connectivity index (χ0n) is 25.9. The molecule has 0 radical (unpaired) electrons. The minimum Gasteiger partial charge on any atom is -0.354 e. The number of amides is 2. The predicted octanol–water partition coefficient (Wildman–Crippen LogP) is 6.15. The topological polar surface area (TPSA) is 86.8 Å². The van der Waals surface area contributed by atoms with Crippen molar-refractivity contribution in [2.45, 2.75) is 83.7 Å². The fraction of sp³-hybridized carbons (Fsp3) is 0.588. The Labute approximate surface area is 262 Å². The van der Waals surface area contributed by atoms with Crippen molar-refractivity contribution < 1.29 is 18.0 Å². The summed E-state index contributed by atoms with van der Waals surface area (Å²) >= 11 is 6.46. The zero-order chi connectivity index (χ0) is 30.9. The molecule has 1 N–H and O–H groups in total. The van der Waals surface area contributed by atoms with Crippen LogP contribution >= 0.6 is 11.6 Å². The van der Waals surface area contributed by atoms with Gasteiger partial charge in [0.1, 0.15) is 12.6 Å². The smallest absolute Gasteiger partial charge is 0.244 e. The maximum Gasteiger partial charge on any atom is 0.244 e. The van der Waals surface area contributed by atoms with Gasteiger partial charge in [0.2, 0.25) is 21.8 Å². The molecule has 4 aliphatic rings. The van der Waals surface area contributed by atoms with Crippen molar-refractivity contribution in [3.8, 4) is 0 Å². The minimum atomic E-state index is -3.80. The van der Waals surface area contributed by atoms with Gasteiger partial charge in [-0.1, -0.05) is 62.7 Å². The summed E-state index contributed by atoms with van der Waals surface area (Å²) in [7, 11) is -3.80. The molecule has 1 atom stereocenters. The lowest BCUT2D eigenvalue weighted by Crippen LogP contribution is -2.52. The van der Waals surface area contributed by atoms with Crippen LogP contribution < -0.4 is 9.62 Å². The monoisotopic (exact) mass is 627 g/mol. The number of hydrogen-bond donors (Lipinski definition) is 1. The van der Waals surface area contributed by atoms with E-state index in [1.165, 1.54) is 49.0 Å². The van der Waals surface area contributed by atoms with E-state index >= 15 is 0 Å². The second-order valence-electron chi connectivity index (χ2n) is 13.7. The molecule has 4 aliphatic carbocycles. The van der Waals surface area contributed by atoms with Crippen molar-refractivity contribution in [1.82, 2.24) is 10.2 Å². The highest BCUT2D eigenvalue weighted by molar-refractivity contribution is 7.92. The molecule has 0 aromatic heterocycles. The maximum absolute atomic E-state index is 14.0. The van der Waals surface area contributed by atoms with Gasteiger partial charge in [-0.05, 0) is 103 Å². The molecule has 0 aliphatic heterocycles. The molecule has 2 aromatic carbocycles. The number of hydrogen-bond acceptors (Lipinski definition) is 4. The zero-order valence-corrected chi connectivity index (χ0v) is 27.5. The molecule has 0 saturated heterocycles. The van der Waals surface area contributed by atoms with Crippen molar-refractivity contribution in [1.29, 1.82) is 0 Å². The molecule has 7 nitrogen and oxygen atoms in total. The molecule has 9 heteroatoms. The van der Waals surface area contributed by atoms with E-state index in [0.29, 0.717) is 29.2 Å². The Morgan fingerprint density at radius 1 is 0.977 bits per heavy atom. The number of nitrogens with one attached hydrogen (secondary N) is 1. The van der Waals surface area contributed by atoms with Gasteiger partial charge in [0.15, 0.2) is 0 Å². The summed E-state index contributed by atoms with van der Waals surface area (Å²) < 4.78 is 27.4. The van der Waals surface area contributed by atoms with Crippen LogP contribution in [0.1, 0.15) is 76.8 Å². The van der Waals surface area contributed by atoms with Gasteiger partial charge in [0, 0.05) is 18.1 Å². The van der Waals surface area contributed by atoms with E-state index in [1.54, 1.807) is 6.07 Å². The SMILES string of the molecule is CCC(C(=O)NCC(C)C)N(Cc1ccccc1Cl)C(=O)CN(c1ccc(C23CC4CC(CC(C4)C2)C3)cc1)S(C)(=O)=O. The normalized spacial score (nSPS) is 25.0. The van der Waals surface area contributed by atoms with E-state index in [9.17, 15) is 18.0 Å². The number of benzene rings is 2. The second kappa shape index (κ2) is 12.8. The average Bonchev–Trinajstić information content (AvgIpc) is 2.94. The van der Waals surface area contributed by atoms with Gasteiger partial charge in [-0.3, -0.25) is 13.9 Å². The van der Waals surface area contributed by atoms with Crippen molar-refractivity contribution in [3.05, 3.63) is 64.7 Å². The first-order valence-electron chi connectivity index (χ1n) is 15.8. The Morgan fingerprint density at radius 2 is 1.56 bits per heavy atom. The van der Waals surface area contributed by atoms with Crippen LogP contribution in [-0.4, -0.2) is 50.5 Å². The molecule has 6 rings (SSSR count). The molecule has 234 valence electrons. The summed E-state index contributed by atoms with van der Waals surface area (Å²) in [5.74, 6) is 1.96. The second-order valence-corrected chi connectivity index (χ2v) is 16.0. The number of anilines is 1. The van der Waals surface area contributed by atoms with Crippen molar-refractivity contribution in [2.75, 3.05) is 23.7 Å². The molecular weight excluding hydrogens is 582 g/mol. The number of sulfonamides is 1. The lowest BCUT2D eigenvalue weighted by molar-refractivity contribution is -0.140. The summed E-state index contributed by atoms with van der Waals surface area (Å²) in [4.78, 5) is 28.8. The van der Waals surface area contributed by atoms with E-state index < -0.39 is 28.5 Å². The fourth-order valence-corrected chi connectivity index (χ4v) is 9.26. The van der Waals surface area contributed by atoms with Crippen LogP contribution in [0.2, 0.25) is 5.02 Å². The van der Waals surface area contributed by atoms with Gasteiger partial charge < -0.3 is 10.2 Å². The highest BCUT2D eigenvalue weighted by Gasteiger charge is 2.51. The lowest BCUT2D eigenvalue weighted by Gasteiger charge is -2.57. The van der Waals surface area contributed by atoms with Gasteiger partial charge >= 0.3 is 0 Å². The Bertz CT molecular complexity index is 1390. The minimum absolute atomic E-state index is 0.0919. The Balaban J connectivity index is 1.40. The number of rotatable bonds is 12. The van der Waals surface area contributed by atoms with Crippen molar-refractivity contribution >= 4 is 39.1 Å². The van der Waals surface area contributed by atoms with Crippen LogP contribution in [0.25, 0.3) is 0 Å². The highest BCUT2D eigenvalue weighted by Crippen LogP contribution is 2.60. The third-order valence-corrected chi connectivity index (χ3v) is 11.4. The van der Waals surface area contributed by atoms with Gasteiger partial charge in [-0.15, -0.1) is 0 Å². The largest absolute Gasteiger partial charge is 0.354 e. The molecule has 0 spiro atoms. The third kappa shape index (κ3) is 7.06. The summed E-state index contributed by atoms with van der Waals surface area (Å²) in [6, 6.07) is 14.3. The van der Waals surface area contributed by atoms with Crippen LogP contribution in [0, 0.1) is 23.7 Å². The maximum atomic E-state index is 14.0. The first-order chi connectivity index (χ1) is 20.4. The lowest BCUT2D eigenvalue weighted by atomic mass is 9.48. The number of halogens is 1. The summed E-state index contributed by atoms with van der Waals surface area (Å²) in [6.07, 6.45) is 9.25. The highest BCUT2D eigenvalue weighted by atomic mass is 35.5. The van der Waals surface area contributed by atoms with Gasteiger partial charge in [-0.25, -0.2) is 8.42 Å². The van der Waals surface area contributed by atoms with Gasteiger partial charge in [0.05, 0.1) is 11.9 Å². The van der Waals surface area contributed by atoms with Gasteiger partial charge in [-0.2, -0.15) is 0 Å². The van der Waals surface area contributed by atoms with E-state index in [4.69, 9.17) is 11.6 Å². The standard InChI is InChI=1S/C34H46ClN3O4S/c1-5-31(33(40)36-20-23(2)3)37(21-27-8-6-7-9-30(27)35)32(39)22-38(43(4,41)42)29-12-10-28(11-13-29)34-17-24-14-25(18-34)16-26(15-24)19-34/h6-13,23-26,31H,5,14-22H2,1-4H3,(H,36,40). The average molecular weight is 628 g/mol. The van der Waals surface area contributed by atoms with Crippen molar-refractivity contribution in [2.24, 2.45) is 23.7 Å². The van der Waals surface area contributed by atoms with E-state index in [1.807, 2.05) is 51.1 Å². The van der Waals surface area contributed by atoms with E-state index in [2.05, 4.69) is 17.4 Å². The summed E-state index contributed by atoms with van der Waals surface area (Å²) in [5.41, 5.74) is 2.64. The Morgan fingerprint density at radius 3 is 2.07 bits per heavy atom. The quantitative estimate of drug-likeness (QED) is 0.306. The fourth-order valence-electron chi connectivity index (χ4n) is 8.21. The van der Waals surface area contributed by atoms with Crippen LogP contribution in [0.15, 0.2) is 48.5 Å². The van der Waals surface area contributed by atoms with E-state index in [0.717, 1.165) is 28.3 Å². The third-order valence-electron chi connectivity index (χ3n) is 9.85. The molecule has 0 heterocycles. The number of carbonyl (C=O) groups is 2. The summed E-state index contributed by atoms with van der Waals surface area (Å²) in [5, 5.41) is 3.43. The number of nitrogens with zero attached hydrogens (tertiary/aromatic N) is 2. The van der Waals surface area contributed by atoms with Crippen LogP contribution in [0.5, 0.6) is 0 Å². The molecule has 4 bridgehead atoms. The van der Waals surface area contributed by atoms with Crippen molar-refractivity contribution in [3.63, 3.8) is 0 Å². The first-order valence-corrected chi connectivity index (χ1v) is 18.0. The van der Waals surface area contributed by atoms with E-state index in [-0.39, 0.29) is 23.8 Å². The summed E-state index contributed by atoms with van der Waals surface area (Å²) in [6.45, 7) is 6.03. The molecule has 2 aromatic rings.